The minimum Gasteiger partial charge on any atom is -0.342 e. The average molecular weight is 269 g/mol. The molecule has 1 saturated heterocycles. The maximum Gasteiger partial charge on any atom is 0.236 e. The third-order valence-corrected chi connectivity index (χ3v) is 4.31. The Morgan fingerprint density at radius 2 is 1.79 bits per heavy atom. The fourth-order valence-electron chi connectivity index (χ4n) is 2.73. The first-order chi connectivity index (χ1) is 8.92. The minimum absolute atomic E-state index is 0.223. The van der Waals surface area contributed by atoms with Crippen molar-refractivity contribution in [2.24, 2.45) is 0 Å². The van der Waals surface area contributed by atoms with E-state index in [9.17, 15) is 4.79 Å². The number of hydrogen-bond acceptors (Lipinski definition) is 3. The number of amides is 1. The van der Waals surface area contributed by atoms with Crippen molar-refractivity contribution in [3.63, 3.8) is 0 Å². The summed E-state index contributed by atoms with van der Waals surface area (Å²) in [5.41, 5.74) is 0.223. The van der Waals surface area contributed by atoms with E-state index in [-0.39, 0.29) is 5.54 Å². The molecule has 0 bridgehead atoms. The maximum atomic E-state index is 12.3. The van der Waals surface area contributed by atoms with Crippen molar-refractivity contribution in [2.45, 2.75) is 45.6 Å². The van der Waals surface area contributed by atoms with E-state index in [1.807, 2.05) is 4.90 Å². The maximum absolute atomic E-state index is 12.3. The molecule has 1 aliphatic heterocycles. The molecule has 0 spiro atoms. The van der Waals surface area contributed by atoms with Gasteiger partial charge in [-0.15, -0.1) is 0 Å². The third kappa shape index (κ3) is 4.46. The molecule has 1 amide bonds. The van der Waals surface area contributed by atoms with Crippen LogP contribution in [0.5, 0.6) is 0 Å². The van der Waals surface area contributed by atoms with Crippen LogP contribution < -0.4 is 0 Å². The highest BCUT2D eigenvalue weighted by Crippen LogP contribution is 2.25. The molecule has 1 atom stereocenters. The van der Waals surface area contributed by atoms with Crippen LogP contribution in [0.2, 0.25) is 0 Å². The summed E-state index contributed by atoms with van der Waals surface area (Å²) in [5, 5.41) is 0. The molecule has 0 N–H and O–H groups in total. The number of carbonyl (C=O) groups excluding carboxylic acids is 1. The van der Waals surface area contributed by atoms with E-state index in [0.29, 0.717) is 12.5 Å². The zero-order valence-electron chi connectivity index (χ0n) is 13.4. The summed E-state index contributed by atoms with van der Waals surface area (Å²) in [5.74, 6) is 0.298. The molecule has 0 saturated carbocycles. The highest BCUT2D eigenvalue weighted by molar-refractivity contribution is 5.78. The molecule has 4 nitrogen and oxygen atoms in total. The molecular formula is C15H31N3O. The van der Waals surface area contributed by atoms with Gasteiger partial charge in [-0.3, -0.25) is 9.69 Å². The largest absolute Gasteiger partial charge is 0.342 e. The standard InChI is InChI=1S/C15H31N3O/c1-6-9-18(10-7-2)14(19)12-17-11-8-15(3,13-17)16(4)5/h6-13H2,1-5H3. The quantitative estimate of drug-likeness (QED) is 0.703. The summed E-state index contributed by atoms with van der Waals surface area (Å²) < 4.78 is 0. The molecule has 1 fully saturated rings. The number of rotatable bonds is 7. The molecule has 112 valence electrons. The summed E-state index contributed by atoms with van der Waals surface area (Å²) in [6.07, 6.45) is 3.23. The van der Waals surface area contributed by atoms with Crippen molar-refractivity contribution in [3.8, 4) is 0 Å². The second kappa shape index (κ2) is 7.25. The Morgan fingerprint density at radius 3 is 2.21 bits per heavy atom. The van der Waals surface area contributed by atoms with Gasteiger partial charge in [0.15, 0.2) is 0 Å². The van der Waals surface area contributed by atoms with Gasteiger partial charge in [0.2, 0.25) is 5.91 Å². The average Bonchev–Trinajstić information content (AvgIpc) is 2.72. The van der Waals surface area contributed by atoms with E-state index in [1.165, 1.54) is 0 Å². The number of likely N-dealkylation sites (tertiary alicyclic amines) is 1. The third-order valence-electron chi connectivity index (χ3n) is 4.31. The van der Waals surface area contributed by atoms with Gasteiger partial charge in [-0.05, 0) is 40.3 Å². The van der Waals surface area contributed by atoms with Crippen molar-refractivity contribution < 1.29 is 4.79 Å². The molecule has 1 unspecified atom stereocenters. The van der Waals surface area contributed by atoms with Crippen LogP contribution in [-0.4, -0.2) is 73.0 Å². The number of likely N-dealkylation sites (N-methyl/N-ethyl adjacent to an activating group) is 1. The predicted octanol–water partition coefficient (Wildman–Crippen LogP) is 1.66. The smallest absolute Gasteiger partial charge is 0.236 e. The van der Waals surface area contributed by atoms with Gasteiger partial charge in [-0.2, -0.15) is 0 Å². The topological polar surface area (TPSA) is 26.8 Å². The molecule has 0 aromatic rings. The Balaban J connectivity index is 2.49. The second-order valence-corrected chi connectivity index (χ2v) is 6.23. The normalized spacial score (nSPS) is 24.1. The van der Waals surface area contributed by atoms with Gasteiger partial charge in [-0.1, -0.05) is 13.8 Å². The lowest BCUT2D eigenvalue weighted by molar-refractivity contribution is -0.132. The van der Waals surface area contributed by atoms with Gasteiger partial charge in [0, 0.05) is 31.7 Å². The van der Waals surface area contributed by atoms with Gasteiger partial charge in [0.25, 0.3) is 0 Å². The van der Waals surface area contributed by atoms with Crippen LogP contribution in [-0.2, 0) is 4.79 Å². The fourth-order valence-corrected chi connectivity index (χ4v) is 2.73. The molecular weight excluding hydrogens is 238 g/mol. The van der Waals surface area contributed by atoms with Gasteiger partial charge in [-0.25, -0.2) is 0 Å². The Bertz CT molecular complexity index is 287. The highest BCUT2D eigenvalue weighted by Gasteiger charge is 2.36. The summed E-state index contributed by atoms with van der Waals surface area (Å²) in [6, 6.07) is 0. The molecule has 4 heteroatoms. The lowest BCUT2D eigenvalue weighted by Gasteiger charge is -2.32. The van der Waals surface area contributed by atoms with Crippen molar-refractivity contribution in [2.75, 3.05) is 46.8 Å². The van der Waals surface area contributed by atoms with E-state index in [2.05, 4.69) is 44.7 Å². The van der Waals surface area contributed by atoms with Crippen LogP contribution in [0.4, 0.5) is 0 Å². The van der Waals surface area contributed by atoms with E-state index in [4.69, 9.17) is 0 Å². The van der Waals surface area contributed by atoms with Gasteiger partial charge in [0.05, 0.1) is 6.54 Å². The Hall–Kier alpha value is -0.610. The van der Waals surface area contributed by atoms with Gasteiger partial charge >= 0.3 is 0 Å². The molecule has 19 heavy (non-hydrogen) atoms. The Morgan fingerprint density at radius 1 is 1.21 bits per heavy atom. The monoisotopic (exact) mass is 269 g/mol. The summed E-state index contributed by atoms with van der Waals surface area (Å²) >= 11 is 0. The van der Waals surface area contributed by atoms with E-state index < -0.39 is 0 Å². The SMILES string of the molecule is CCCN(CCC)C(=O)CN1CCC(C)(N(C)C)C1. The first kappa shape index (κ1) is 16.4. The van der Waals surface area contributed by atoms with E-state index in [0.717, 1.165) is 45.4 Å². The Labute approximate surface area is 118 Å². The second-order valence-electron chi connectivity index (χ2n) is 6.23. The van der Waals surface area contributed by atoms with E-state index >= 15 is 0 Å². The summed E-state index contributed by atoms with van der Waals surface area (Å²) in [7, 11) is 4.26. The molecule has 1 rings (SSSR count). The van der Waals surface area contributed by atoms with Crippen LogP contribution in [0.1, 0.15) is 40.0 Å². The summed E-state index contributed by atoms with van der Waals surface area (Å²) in [4.78, 5) is 18.9. The van der Waals surface area contributed by atoms with Crippen LogP contribution in [0, 0.1) is 0 Å². The molecule has 0 aromatic heterocycles. The van der Waals surface area contributed by atoms with Crippen molar-refractivity contribution >= 4 is 5.91 Å². The van der Waals surface area contributed by atoms with Crippen LogP contribution in [0.15, 0.2) is 0 Å². The van der Waals surface area contributed by atoms with Crippen molar-refractivity contribution in [1.29, 1.82) is 0 Å². The first-order valence-corrected chi connectivity index (χ1v) is 7.60. The summed E-state index contributed by atoms with van der Waals surface area (Å²) in [6.45, 7) is 11.0. The highest BCUT2D eigenvalue weighted by atomic mass is 16.2. The lowest BCUT2D eigenvalue weighted by atomic mass is 10.0. The fraction of sp³-hybridized carbons (Fsp3) is 0.933. The van der Waals surface area contributed by atoms with Gasteiger partial charge < -0.3 is 9.80 Å². The Kier molecular flexibility index (Phi) is 6.27. The molecule has 0 aromatic carbocycles. The molecule has 1 aliphatic rings. The number of hydrogen-bond donors (Lipinski definition) is 0. The van der Waals surface area contributed by atoms with Crippen molar-refractivity contribution in [1.82, 2.24) is 14.7 Å². The number of nitrogens with zero attached hydrogens (tertiary/aromatic N) is 3. The lowest BCUT2D eigenvalue weighted by Crippen LogP contribution is -2.46. The van der Waals surface area contributed by atoms with Crippen LogP contribution in [0.3, 0.4) is 0 Å². The molecule has 0 aliphatic carbocycles. The molecule has 1 heterocycles. The van der Waals surface area contributed by atoms with E-state index in [1.54, 1.807) is 0 Å². The number of carbonyl (C=O) groups is 1. The van der Waals surface area contributed by atoms with Gasteiger partial charge in [0.1, 0.15) is 0 Å². The van der Waals surface area contributed by atoms with Crippen LogP contribution >= 0.6 is 0 Å². The zero-order chi connectivity index (χ0) is 14.5. The minimum atomic E-state index is 0.223. The zero-order valence-corrected chi connectivity index (χ0v) is 13.4. The first-order valence-electron chi connectivity index (χ1n) is 7.60. The van der Waals surface area contributed by atoms with Crippen molar-refractivity contribution in [3.05, 3.63) is 0 Å². The predicted molar refractivity (Wildman–Crippen MR) is 80.3 cm³/mol. The molecule has 0 radical (unpaired) electrons. The van der Waals surface area contributed by atoms with Crippen LogP contribution in [0.25, 0.3) is 0 Å².